The van der Waals surface area contributed by atoms with Gasteiger partial charge in [0, 0.05) is 34.5 Å². The molecule has 2 aromatic heterocycles. The Hall–Kier alpha value is -3.65. The summed E-state index contributed by atoms with van der Waals surface area (Å²) in [7, 11) is 0. The van der Waals surface area contributed by atoms with E-state index in [1.165, 1.54) is 10.6 Å². The van der Waals surface area contributed by atoms with E-state index in [1.807, 2.05) is 68.4 Å². The van der Waals surface area contributed by atoms with Gasteiger partial charge >= 0.3 is 0 Å². The average Bonchev–Trinajstić information content (AvgIpc) is 3.23. The second-order valence-corrected chi connectivity index (χ2v) is 8.51. The van der Waals surface area contributed by atoms with E-state index in [9.17, 15) is 9.59 Å². The Morgan fingerprint density at radius 1 is 1.12 bits per heavy atom. The van der Waals surface area contributed by atoms with Gasteiger partial charge in [0.2, 0.25) is 5.91 Å². The summed E-state index contributed by atoms with van der Waals surface area (Å²) >= 11 is 1.57. The van der Waals surface area contributed by atoms with E-state index < -0.39 is 0 Å². The van der Waals surface area contributed by atoms with Gasteiger partial charge in [-0.2, -0.15) is 9.50 Å². The van der Waals surface area contributed by atoms with Crippen LogP contribution in [0.5, 0.6) is 0 Å². The lowest BCUT2D eigenvalue weighted by atomic mass is 10.2. The molecular formula is C24H23N5O2S. The Labute approximate surface area is 189 Å². The molecule has 0 aliphatic rings. The van der Waals surface area contributed by atoms with Gasteiger partial charge in [-0.15, -0.1) is 11.8 Å². The smallest absolute Gasteiger partial charge is 0.274 e. The summed E-state index contributed by atoms with van der Waals surface area (Å²) in [5, 5.41) is 2.85. The molecule has 0 unspecified atom stereocenters. The fraction of sp³-hybridized carbons (Fsp3) is 0.167. The second kappa shape index (κ2) is 9.65. The van der Waals surface area contributed by atoms with Crippen molar-refractivity contribution in [3.8, 4) is 0 Å². The standard InChI is InChI=1S/C24H23N5O2S/c1-17(2)28-16-25-24-27-20(14-23(31)29(24)28)15-32-21-11-9-19(10-12-21)26-22(30)13-8-18-6-4-3-5-7-18/h3-14,16-17H,15H2,1-2H3,(H,26,30)/b13-8+. The molecule has 162 valence electrons. The Bertz CT molecular complexity index is 1310. The van der Waals surface area contributed by atoms with Crippen LogP contribution in [0.15, 0.2) is 82.8 Å². The van der Waals surface area contributed by atoms with Crippen LogP contribution < -0.4 is 10.9 Å². The lowest BCUT2D eigenvalue weighted by molar-refractivity contribution is -0.111. The number of nitrogens with one attached hydrogen (secondary N) is 1. The number of nitrogens with zero attached hydrogens (tertiary/aromatic N) is 4. The molecule has 7 nitrogen and oxygen atoms in total. The van der Waals surface area contributed by atoms with Crippen LogP contribution in [0, 0.1) is 0 Å². The van der Waals surface area contributed by atoms with Gasteiger partial charge in [-0.1, -0.05) is 30.3 Å². The quantitative estimate of drug-likeness (QED) is 0.336. The van der Waals surface area contributed by atoms with Gasteiger partial charge in [-0.05, 0) is 49.8 Å². The number of hydrogen-bond acceptors (Lipinski definition) is 5. The summed E-state index contributed by atoms with van der Waals surface area (Å²) in [5.41, 5.74) is 2.22. The van der Waals surface area contributed by atoms with Crippen molar-refractivity contribution in [2.45, 2.75) is 30.5 Å². The van der Waals surface area contributed by atoms with Crippen LogP contribution in [-0.2, 0) is 10.5 Å². The molecule has 1 N–H and O–H groups in total. The number of anilines is 1. The van der Waals surface area contributed by atoms with E-state index in [2.05, 4.69) is 15.3 Å². The summed E-state index contributed by atoms with van der Waals surface area (Å²) in [4.78, 5) is 34.4. The first-order valence-corrected chi connectivity index (χ1v) is 11.2. The molecule has 1 amide bonds. The Morgan fingerprint density at radius 3 is 2.59 bits per heavy atom. The minimum Gasteiger partial charge on any atom is -0.323 e. The molecule has 0 aliphatic carbocycles. The fourth-order valence-electron chi connectivity index (χ4n) is 3.12. The summed E-state index contributed by atoms with van der Waals surface area (Å²) < 4.78 is 3.26. The van der Waals surface area contributed by atoms with Crippen LogP contribution in [0.3, 0.4) is 0 Å². The van der Waals surface area contributed by atoms with Crippen LogP contribution in [0.25, 0.3) is 11.9 Å². The third kappa shape index (κ3) is 5.15. The Kier molecular flexibility index (Phi) is 6.51. The molecule has 0 atom stereocenters. The van der Waals surface area contributed by atoms with Crippen molar-refractivity contribution in [2.75, 3.05) is 5.32 Å². The zero-order valence-corrected chi connectivity index (χ0v) is 18.6. The SMILES string of the molecule is CC(C)n1cnc2nc(CSc3ccc(NC(=O)/C=C/c4ccccc4)cc3)cc(=O)n21. The number of benzene rings is 2. The first kappa shape index (κ1) is 21.6. The predicted molar refractivity (Wildman–Crippen MR) is 128 cm³/mol. The van der Waals surface area contributed by atoms with Crippen LogP contribution in [0.1, 0.15) is 31.1 Å². The maximum Gasteiger partial charge on any atom is 0.274 e. The number of hydrogen-bond donors (Lipinski definition) is 1. The van der Waals surface area contributed by atoms with Crippen molar-refractivity contribution in [3.63, 3.8) is 0 Å². The van der Waals surface area contributed by atoms with Crippen LogP contribution in [0.4, 0.5) is 5.69 Å². The summed E-state index contributed by atoms with van der Waals surface area (Å²) in [6.45, 7) is 3.98. The average molecular weight is 446 g/mol. The minimum absolute atomic E-state index is 0.118. The van der Waals surface area contributed by atoms with Gasteiger partial charge in [0.15, 0.2) is 0 Å². The third-order valence-electron chi connectivity index (χ3n) is 4.72. The maximum atomic E-state index is 12.5. The van der Waals surface area contributed by atoms with Crippen molar-refractivity contribution >= 4 is 35.2 Å². The minimum atomic E-state index is -0.187. The van der Waals surface area contributed by atoms with Crippen LogP contribution >= 0.6 is 11.8 Å². The molecule has 32 heavy (non-hydrogen) atoms. The molecule has 0 fully saturated rings. The zero-order valence-electron chi connectivity index (χ0n) is 17.8. The molecule has 0 saturated carbocycles. The molecule has 4 aromatic rings. The number of aromatic nitrogens is 4. The molecule has 2 aromatic carbocycles. The van der Waals surface area contributed by atoms with E-state index >= 15 is 0 Å². The lowest BCUT2D eigenvalue weighted by Gasteiger charge is -2.08. The van der Waals surface area contributed by atoms with Gasteiger partial charge in [-0.3, -0.25) is 14.3 Å². The molecular weight excluding hydrogens is 422 g/mol. The molecule has 2 heterocycles. The van der Waals surface area contributed by atoms with Crippen molar-refractivity contribution in [1.82, 2.24) is 19.2 Å². The number of carbonyl (C=O) groups excluding carboxylic acids is 1. The molecule has 0 spiro atoms. The zero-order chi connectivity index (χ0) is 22.5. The molecule has 0 saturated heterocycles. The number of rotatable bonds is 7. The molecule has 8 heteroatoms. The van der Waals surface area contributed by atoms with E-state index in [-0.39, 0.29) is 17.5 Å². The van der Waals surface area contributed by atoms with E-state index in [0.717, 1.165) is 10.5 Å². The largest absolute Gasteiger partial charge is 0.323 e. The van der Waals surface area contributed by atoms with Gasteiger partial charge in [-0.25, -0.2) is 4.98 Å². The van der Waals surface area contributed by atoms with Crippen molar-refractivity contribution in [2.24, 2.45) is 0 Å². The van der Waals surface area contributed by atoms with Crippen molar-refractivity contribution in [1.29, 1.82) is 0 Å². The van der Waals surface area contributed by atoms with E-state index in [1.54, 1.807) is 34.9 Å². The normalized spacial score (nSPS) is 11.5. The van der Waals surface area contributed by atoms with Gasteiger partial charge in [0.05, 0.1) is 5.69 Å². The third-order valence-corrected chi connectivity index (χ3v) is 5.76. The topological polar surface area (TPSA) is 81.3 Å². The lowest BCUT2D eigenvalue weighted by Crippen LogP contribution is -2.22. The number of fused-ring (bicyclic) bond motifs is 1. The highest BCUT2D eigenvalue weighted by atomic mass is 32.2. The predicted octanol–water partition coefficient (Wildman–Crippen LogP) is 4.42. The first-order chi connectivity index (χ1) is 15.5. The number of amides is 1. The summed E-state index contributed by atoms with van der Waals surface area (Å²) in [6, 6.07) is 18.9. The van der Waals surface area contributed by atoms with Gasteiger partial charge in [0.1, 0.15) is 6.33 Å². The Morgan fingerprint density at radius 2 is 1.88 bits per heavy atom. The molecule has 0 radical (unpaired) electrons. The number of thioether (sulfide) groups is 1. The first-order valence-electron chi connectivity index (χ1n) is 10.2. The fourth-order valence-corrected chi connectivity index (χ4v) is 3.91. The van der Waals surface area contributed by atoms with Crippen molar-refractivity contribution in [3.05, 3.63) is 94.7 Å². The van der Waals surface area contributed by atoms with Crippen molar-refractivity contribution < 1.29 is 4.79 Å². The monoisotopic (exact) mass is 445 g/mol. The highest BCUT2D eigenvalue weighted by Gasteiger charge is 2.10. The summed E-state index contributed by atoms with van der Waals surface area (Å²) in [5.74, 6) is 0.766. The summed E-state index contributed by atoms with van der Waals surface area (Å²) in [6.07, 6.45) is 4.92. The highest BCUT2D eigenvalue weighted by molar-refractivity contribution is 7.98. The second-order valence-electron chi connectivity index (χ2n) is 7.46. The number of carbonyl (C=O) groups is 1. The van der Waals surface area contributed by atoms with Crippen LogP contribution in [-0.4, -0.2) is 25.1 Å². The Balaban J connectivity index is 1.36. The maximum absolute atomic E-state index is 12.5. The highest BCUT2D eigenvalue weighted by Crippen LogP contribution is 2.23. The van der Waals surface area contributed by atoms with Gasteiger partial charge < -0.3 is 5.32 Å². The van der Waals surface area contributed by atoms with E-state index in [0.29, 0.717) is 22.9 Å². The molecule has 0 aliphatic heterocycles. The van der Waals surface area contributed by atoms with Gasteiger partial charge in [0.25, 0.3) is 11.3 Å². The van der Waals surface area contributed by atoms with E-state index in [4.69, 9.17) is 0 Å². The molecule has 0 bridgehead atoms. The van der Waals surface area contributed by atoms with Crippen LogP contribution in [0.2, 0.25) is 0 Å². The molecule has 4 rings (SSSR count).